The second-order valence-corrected chi connectivity index (χ2v) is 9.75. The molecule has 0 unspecified atom stereocenters. The first-order valence-corrected chi connectivity index (χ1v) is 13.2. The van der Waals surface area contributed by atoms with Crippen molar-refractivity contribution >= 4 is 0 Å². The maximum absolute atomic E-state index is 12.1. The largest absolute Gasteiger partial charge is 0.400 e. The summed E-state index contributed by atoms with van der Waals surface area (Å²) in [6.07, 6.45) is 6.66. The minimum absolute atomic E-state index is 0. The molecule has 4 aromatic heterocycles. The first kappa shape index (κ1) is 38.9. The third-order valence-corrected chi connectivity index (χ3v) is 6.21. The number of H-pyrrole nitrogens is 1. The molecule has 42 heavy (non-hydrogen) atoms. The summed E-state index contributed by atoms with van der Waals surface area (Å²) in [7, 11) is 1.00. The van der Waals surface area contributed by atoms with Crippen LogP contribution in [-0.2, 0) is 33.5 Å². The number of hydrogen-bond donors (Lipinski definition) is 4. The Labute approximate surface area is 262 Å². The molecule has 4 heterocycles. The van der Waals surface area contributed by atoms with Gasteiger partial charge in [-0.2, -0.15) is 0 Å². The second kappa shape index (κ2) is 18.5. The smallest absolute Gasteiger partial charge is 0.254 e. The van der Waals surface area contributed by atoms with Gasteiger partial charge >= 0.3 is 0 Å². The molecule has 4 rings (SSSR count). The van der Waals surface area contributed by atoms with Crippen LogP contribution in [-0.4, -0.2) is 74.7 Å². The molecule has 0 aromatic carbocycles. The molecule has 0 spiro atoms. The van der Waals surface area contributed by atoms with Crippen LogP contribution >= 0.6 is 0 Å². The summed E-state index contributed by atoms with van der Waals surface area (Å²) in [6, 6.07) is 0. The fourth-order valence-electron chi connectivity index (χ4n) is 4.67. The van der Waals surface area contributed by atoms with E-state index in [1.807, 2.05) is 39.2 Å². The number of aromatic amines is 1. The third kappa shape index (κ3) is 9.47. The number of imidazole rings is 2. The zero-order valence-electron chi connectivity index (χ0n) is 26.0. The summed E-state index contributed by atoms with van der Waals surface area (Å²) in [4.78, 5) is 36.6. The minimum atomic E-state index is -0.116. The SMILES string of the molecule is CO.Cc1nc(-c2cncn2CCO)[nH]c(=O)c1C(C)C.Cc1nc(-c2cncn2CCO)nc(C)c1C(C)C.[CH3-].[Pd]. The number of nitrogens with one attached hydrogen (secondary N) is 1. The third-order valence-electron chi connectivity index (χ3n) is 6.21. The fourth-order valence-corrected chi connectivity index (χ4v) is 4.67. The van der Waals surface area contributed by atoms with Crippen molar-refractivity contribution in [1.82, 2.24) is 39.0 Å². The molecule has 4 N–H and O–H groups in total. The molecule has 4 aromatic rings. The Morgan fingerprint density at radius 3 is 1.62 bits per heavy atom. The molecule has 0 atom stereocenters. The quantitative estimate of drug-likeness (QED) is 0.162. The molecule has 0 saturated carbocycles. The number of nitrogens with zero attached hydrogens (tertiary/aromatic N) is 7. The average Bonchev–Trinajstić information content (AvgIpc) is 3.54. The predicted molar refractivity (Wildman–Crippen MR) is 160 cm³/mol. The Bertz CT molecular complexity index is 1410. The summed E-state index contributed by atoms with van der Waals surface area (Å²) < 4.78 is 3.62. The maximum Gasteiger partial charge on any atom is 0.254 e. The molecule has 0 aliphatic heterocycles. The Balaban J connectivity index is 0.000000723. The van der Waals surface area contributed by atoms with Gasteiger partial charge in [-0.3, -0.25) is 4.79 Å². The van der Waals surface area contributed by atoms with E-state index >= 15 is 0 Å². The van der Waals surface area contributed by atoms with Gasteiger partial charge in [0.25, 0.3) is 5.56 Å². The van der Waals surface area contributed by atoms with Crippen molar-refractivity contribution in [3.8, 4) is 23.0 Å². The Kier molecular flexibility index (Phi) is 17.1. The predicted octanol–water partition coefficient (Wildman–Crippen LogP) is 3.19. The van der Waals surface area contributed by atoms with E-state index in [1.165, 1.54) is 5.56 Å². The van der Waals surface area contributed by atoms with Crippen molar-refractivity contribution < 1.29 is 35.7 Å². The normalized spacial score (nSPS) is 10.3. The monoisotopic (exact) mass is 675 g/mol. The number of hydrogen-bond acceptors (Lipinski definition) is 9. The summed E-state index contributed by atoms with van der Waals surface area (Å²) in [5.41, 5.74) is 6.08. The summed E-state index contributed by atoms with van der Waals surface area (Å²) in [5.74, 6) is 1.70. The molecule has 0 radical (unpaired) electrons. The van der Waals surface area contributed by atoms with Crippen molar-refractivity contribution in [3.63, 3.8) is 0 Å². The molecule has 0 bridgehead atoms. The van der Waals surface area contributed by atoms with Crippen LogP contribution < -0.4 is 5.56 Å². The molecule has 0 fully saturated rings. The molecule has 236 valence electrons. The second-order valence-electron chi connectivity index (χ2n) is 9.75. The topological polar surface area (TPSA) is 168 Å². The molecular weight excluding hydrogens is 631 g/mol. The van der Waals surface area contributed by atoms with Crippen molar-refractivity contribution in [2.45, 2.75) is 73.4 Å². The number of aryl methyl sites for hydroxylation is 3. The van der Waals surface area contributed by atoms with Crippen LogP contribution in [0, 0.1) is 28.2 Å². The van der Waals surface area contributed by atoms with Crippen molar-refractivity contribution in [3.05, 3.63) is 71.0 Å². The molecule has 0 saturated heterocycles. The molecule has 12 nitrogen and oxygen atoms in total. The van der Waals surface area contributed by atoms with E-state index in [4.69, 9.17) is 15.3 Å². The van der Waals surface area contributed by atoms with Crippen molar-refractivity contribution in [2.24, 2.45) is 0 Å². The number of aliphatic hydroxyl groups is 3. The summed E-state index contributed by atoms with van der Waals surface area (Å²) >= 11 is 0. The summed E-state index contributed by atoms with van der Waals surface area (Å²) in [5, 5.41) is 25.0. The van der Waals surface area contributed by atoms with Gasteiger partial charge < -0.3 is 36.9 Å². The first-order chi connectivity index (χ1) is 19.1. The van der Waals surface area contributed by atoms with Crippen LogP contribution in [0.2, 0.25) is 0 Å². The van der Waals surface area contributed by atoms with Crippen molar-refractivity contribution in [2.75, 3.05) is 20.3 Å². The van der Waals surface area contributed by atoms with E-state index in [9.17, 15) is 4.79 Å². The zero-order chi connectivity index (χ0) is 30.0. The molecule has 13 heteroatoms. The van der Waals surface area contributed by atoms with Crippen LogP contribution in [0.1, 0.15) is 67.7 Å². The van der Waals surface area contributed by atoms with E-state index < -0.39 is 0 Å². The van der Waals surface area contributed by atoms with Crippen LogP contribution in [0.15, 0.2) is 29.8 Å². The van der Waals surface area contributed by atoms with Crippen LogP contribution in [0.4, 0.5) is 0 Å². The molecular formula is C29H45N8O4Pd-. The van der Waals surface area contributed by atoms with Gasteiger partial charge in [-0.1, -0.05) is 27.7 Å². The summed E-state index contributed by atoms with van der Waals surface area (Å²) in [6.45, 7) is 15.1. The van der Waals surface area contributed by atoms with E-state index in [0.717, 1.165) is 29.9 Å². The van der Waals surface area contributed by atoms with Gasteiger partial charge in [0.05, 0.1) is 38.3 Å². The van der Waals surface area contributed by atoms with Gasteiger partial charge in [-0.05, 0) is 38.2 Å². The van der Waals surface area contributed by atoms with E-state index in [2.05, 4.69) is 43.8 Å². The zero-order valence-corrected chi connectivity index (χ0v) is 27.5. The number of rotatable bonds is 8. The van der Waals surface area contributed by atoms with E-state index in [1.54, 1.807) is 29.6 Å². The van der Waals surface area contributed by atoms with Crippen LogP contribution in [0.3, 0.4) is 0 Å². The average molecular weight is 676 g/mol. The van der Waals surface area contributed by atoms with Gasteiger partial charge in [-0.15, -0.1) is 0 Å². The maximum atomic E-state index is 12.1. The van der Waals surface area contributed by atoms with Gasteiger partial charge in [-0.25, -0.2) is 24.9 Å². The van der Waals surface area contributed by atoms with Crippen molar-refractivity contribution in [1.29, 1.82) is 0 Å². The molecule has 0 aliphatic carbocycles. The minimum Gasteiger partial charge on any atom is -0.400 e. The Hall–Kier alpha value is -3.08. The van der Waals surface area contributed by atoms with Crippen LogP contribution in [0.5, 0.6) is 0 Å². The number of aromatic nitrogens is 8. The van der Waals surface area contributed by atoms with E-state index in [0.29, 0.717) is 41.9 Å². The van der Waals surface area contributed by atoms with Gasteiger partial charge in [0, 0.05) is 63.3 Å². The molecule has 0 amide bonds. The van der Waals surface area contributed by atoms with E-state index in [-0.39, 0.29) is 52.5 Å². The first-order valence-electron chi connectivity index (χ1n) is 13.2. The van der Waals surface area contributed by atoms with Gasteiger partial charge in [0.2, 0.25) is 0 Å². The fraction of sp³-hybridized carbons (Fsp3) is 0.483. The Morgan fingerprint density at radius 1 is 0.762 bits per heavy atom. The Morgan fingerprint density at radius 2 is 1.19 bits per heavy atom. The van der Waals surface area contributed by atoms with Gasteiger partial charge in [0.1, 0.15) is 11.4 Å². The standard InChI is InChI=1S/C14H20N4O.C13H18N4O2.CH4O.CH3.Pd/c1-9(2)13-10(3)16-14(17-11(13)4)12-7-15-8-18(12)5-6-19;1-8(2)11-9(3)15-12(16-13(11)19)10-6-14-7-17(10)4-5-18;1-2;;/h7-9,19H,5-6H2,1-4H3;6-8,18H,4-5H2,1-3H3,(H,15,16,19);2H,1H3;1H3;/q;;;-1;. The van der Waals surface area contributed by atoms with Gasteiger partial charge in [0.15, 0.2) is 11.6 Å². The molecule has 0 aliphatic rings. The van der Waals surface area contributed by atoms with Crippen LogP contribution in [0.25, 0.3) is 23.0 Å². The number of aliphatic hydroxyl groups excluding tert-OH is 3.